The summed E-state index contributed by atoms with van der Waals surface area (Å²) in [6, 6.07) is 3.00. The van der Waals surface area contributed by atoms with Crippen LogP contribution in [0.4, 0.5) is 0 Å². The second kappa shape index (κ2) is 3.45. The fourth-order valence-corrected chi connectivity index (χ4v) is 1.11. The van der Waals surface area contributed by atoms with E-state index in [0.717, 1.165) is 0 Å². The summed E-state index contributed by atoms with van der Waals surface area (Å²) in [5.41, 5.74) is 0.618. The van der Waals surface area contributed by atoms with Crippen molar-refractivity contribution in [2.45, 2.75) is 6.92 Å². The summed E-state index contributed by atoms with van der Waals surface area (Å²) < 4.78 is 1.47. The molecule has 0 aliphatic rings. The van der Waals surface area contributed by atoms with Gasteiger partial charge in [0.25, 0.3) is 0 Å². The Balaban J connectivity index is 2.40. The van der Waals surface area contributed by atoms with Gasteiger partial charge in [-0.1, -0.05) is 0 Å². The molecule has 0 amide bonds. The molecule has 0 saturated carbocycles. The molecule has 2 aromatic heterocycles. The molecular weight excluding hydrogens is 198 g/mol. The van der Waals surface area contributed by atoms with Crippen molar-refractivity contribution in [3.8, 4) is 5.69 Å². The molecule has 0 aliphatic heterocycles. The first kappa shape index (κ1) is 9.25. The molecule has 0 atom stereocenters. The molecule has 15 heavy (non-hydrogen) atoms. The van der Waals surface area contributed by atoms with Gasteiger partial charge < -0.3 is 5.11 Å². The molecule has 0 aliphatic carbocycles. The van der Waals surface area contributed by atoms with Gasteiger partial charge in [0.2, 0.25) is 0 Å². The summed E-state index contributed by atoms with van der Waals surface area (Å²) in [7, 11) is 0. The lowest BCUT2D eigenvalue weighted by Gasteiger charge is -2.00. The number of hydrogen-bond donors (Lipinski definition) is 1. The molecule has 7 nitrogen and oxygen atoms in total. The van der Waals surface area contributed by atoms with E-state index in [1.165, 1.54) is 16.9 Å². The molecule has 0 radical (unpaired) electrons. The largest absolute Gasteiger partial charge is 0.477 e. The van der Waals surface area contributed by atoms with Crippen LogP contribution in [0, 0.1) is 6.92 Å². The van der Waals surface area contributed by atoms with Gasteiger partial charge in [-0.3, -0.25) is 0 Å². The SMILES string of the molecule is Cc1nnnn1-c1ccc(C(=O)O)nc1. The molecular formula is C8H7N5O2. The van der Waals surface area contributed by atoms with Gasteiger partial charge in [-0.15, -0.1) is 5.10 Å². The minimum atomic E-state index is -1.06. The zero-order chi connectivity index (χ0) is 10.8. The first-order chi connectivity index (χ1) is 7.18. The van der Waals surface area contributed by atoms with Crippen LogP contribution >= 0.6 is 0 Å². The minimum absolute atomic E-state index is 0.00974. The number of aryl methyl sites for hydroxylation is 1. The van der Waals surface area contributed by atoms with Crippen molar-refractivity contribution in [3.05, 3.63) is 29.8 Å². The molecule has 76 valence electrons. The zero-order valence-corrected chi connectivity index (χ0v) is 7.82. The van der Waals surface area contributed by atoms with Gasteiger partial charge in [0.1, 0.15) is 5.69 Å². The van der Waals surface area contributed by atoms with Crippen molar-refractivity contribution >= 4 is 5.97 Å². The third-order valence-electron chi connectivity index (χ3n) is 1.84. The normalized spacial score (nSPS) is 10.2. The van der Waals surface area contributed by atoms with E-state index in [-0.39, 0.29) is 5.69 Å². The monoisotopic (exact) mass is 205 g/mol. The topological polar surface area (TPSA) is 93.8 Å². The van der Waals surface area contributed by atoms with Crippen LogP contribution in [-0.4, -0.2) is 36.3 Å². The molecule has 7 heteroatoms. The fraction of sp³-hybridized carbons (Fsp3) is 0.125. The van der Waals surface area contributed by atoms with Crippen LogP contribution in [0.25, 0.3) is 5.69 Å². The summed E-state index contributed by atoms with van der Waals surface area (Å²) in [6.45, 7) is 1.74. The highest BCUT2D eigenvalue weighted by molar-refractivity contribution is 5.85. The van der Waals surface area contributed by atoms with Crippen LogP contribution in [0.1, 0.15) is 16.3 Å². The minimum Gasteiger partial charge on any atom is -0.477 e. The van der Waals surface area contributed by atoms with Crippen molar-refractivity contribution in [1.82, 2.24) is 25.2 Å². The highest BCUT2D eigenvalue weighted by atomic mass is 16.4. The van der Waals surface area contributed by atoms with E-state index >= 15 is 0 Å². The predicted octanol–water partition coefficient (Wildman–Crippen LogP) is 0.0639. The molecule has 0 unspecified atom stereocenters. The molecule has 2 heterocycles. The third kappa shape index (κ3) is 1.66. The molecule has 2 aromatic rings. The molecule has 0 aromatic carbocycles. The van der Waals surface area contributed by atoms with Gasteiger partial charge in [-0.05, 0) is 29.5 Å². The maximum absolute atomic E-state index is 10.6. The Morgan fingerprint density at radius 2 is 2.27 bits per heavy atom. The Bertz CT molecular complexity index is 490. The van der Waals surface area contributed by atoms with E-state index in [9.17, 15) is 4.79 Å². The highest BCUT2D eigenvalue weighted by Crippen LogP contribution is 2.06. The quantitative estimate of drug-likeness (QED) is 0.745. The van der Waals surface area contributed by atoms with E-state index in [1.807, 2.05) is 0 Å². The first-order valence-corrected chi connectivity index (χ1v) is 4.13. The Morgan fingerprint density at radius 1 is 1.47 bits per heavy atom. The van der Waals surface area contributed by atoms with Gasteiger partial charge in [-0.2, -0.15) is 4.68 Å². The lowest BCUT2D eigenvalue weighted by molar-refractivity contribution is 0.0690. The van der Waals surface area contributed by atoms with Crippen LogP contribution in [-0.2, 0) is 0 Å². The number of aromatic nitrogens is 5. The van der Waals surface area contributed by atoms with Crippen molar-refractivity contribution < 1.29 is 9.90 Å². The lowest BCUT2D eigenvalue weighted by Crippen LogP contribution is -2.04. The van der Waals surface area contributed by atoms with E-state index in [2.05, 4.69) is 20.5 Å². The Morgan fingerprint density at radius 3 is 2.73 bits per heavy atom. The number of nitrogens with zero attached hydrogens (tertiary/aromatic N) is 5. The molecule has 1 N–H and O–H groups in total. The van der Waals surface area contributed by atoms with E-state index in [1.54, 1.807) is 13.0 Å². The number of carbonyl (C=O) groups is 1. The summed E-state index contributed by atoms with van der Waals surface area (Å²) in [5, 5.41) is 19.6. The van der Waals surface area contributed by atoms with E-state index in [4.69, 9.17) is 5.11 Å². The van der Waals surface area contributed by atoms with Crippen LogP contribution in [0.5, 0.6) is 0 Å². The molecule has 0 spiro atoms. The summed E-state index contributed by atoms with van der Waals surface area (Å²) >= 11 is 0. The number of aromatic carboxylic acids is 1. The smallest absolute Gasteiger partial charge is 0.354 e. The number of carboxylic acids is 1. The Labute approximate surface area is 84.4 Å². The lowest BCUT2D eigenvalue weighted by atomic mass is 10.3. The van der Waals surface area contributed by atoms with Gasteiger partial charge in [0, 0.05) is 0 Å². The van der Waals surface area contributed by atoms with Gasteiger partial charge >= 0.3 is 5.97 Å². The number of rotatable bonds is 2. The maximum atomic E-state index is 10.6. The van der Waals surface area contributed by atoms with Gasteiger partial charge in [-0.25, -0.2) is 9.78 Å². The zero-order valence-electron chi connectivity index (χ0n) is 7.82. The van der Waals surface area contributed by atoms with E-state index in [0.29, 0.717) is 11.5 Å². The highest BCUT2D eigenvalue weighted by Gasteiger charge is 2.06. The molecule has 0 saturated heterocycles. The summed E-state index contributed by atoms with van der Waals surface area (Å²) in [4.78, 5) is 14.3. The number of tetrazole rings is 1. The van der Waals surface area contributed by atoms with Crippen molar-refractivity contribution in [2.75, 3.05) is 0 Å². The number of pyridine rings is 1. The molecule has 2 rings (SSSR count). The van der Waals surface area contributed by atoms with E-state index < -0.39 is 5.97 Å². The van der Waals surface area contributed by atoms with Gasteiger partial charge in [0.15, 0.2) is 5.82 Å². The third-order valence-corrected chi connectivity index (χ3v) is 1.84. The summed E-state index contributed by atoms with van der Waals surface area (Å²) in [5.74, 6) is -0.449. The Hall–Kier alpha value is -2.31. The van der Waals surface area contributed by atoms with Gasteiger partial charge in [0.05, 0.1) is 11.9 Å². The molecule has 0 fully saturated rings. The van der Waals surface area contributed by atoms with Crippen LogP contribution in [0.3, 0.4) is 0 Å². The fourth-order valence-electron chi connectivity index (χ4n) is 1.11. The first-order valence-electron chi connectivity index (χ1n) is 4.13. The molecule has 0 bridgehead atoms. The van der Waals surface area contributed by atoms with Crippen LogP contribution < -0.4 is 0 Å². The van der Waals surface area contributed by atoms with Crippen LogP contribution in [0.2, 0.25) is 0 Å². The van der Waals surface area contributed by atoms with Crippen molar-refractivity contribution in [2.24, 2.45) is 0 Å². The van der Waals surface area contributed by atoms with Crippen molar-refractivity contribution in [3.63, 3.8) is 0 Å². The standard InChI is InChI=1S/C8H7N5O2/c1-5-10-11-12-13(5)6-2-3-7(8(14)15)9-4-6/h2-4H,1H3,(H,14,15). The maximum Gasteiger partial charge on any atom is 0.354 e. The predicted molar refractivity (Wildman–Crippen MR) is 48.6 cm³/mol. The second-order valence-electron chi connectivity index (χ2n) is 2.84. The Kier molecular flexibility index (Phi) is 2.13. The second-order valence-corrected chi connectivity index (χ2v) is 2.84. The number of hydrogen-bond acceptors (Lipinski definition) is 5. The average Bonchev–Trinajstić information content (AvgIpc) is 2.65. The number of carboxylic acid groups (broad SMARTS) is 1. The summed E-state index contributed by atoms with van der Waals surface area (Å²) in [6.07, 6.45) is 1.41. The van der Waals surface area contributed by atoms with Crippen molar-refractivity contribution in [1.29, 1.82) is 0 Å². The van der Waals surface area contributed by atoms with Crippen LogP contribution in [0.15, 0.2) is 18.3 Å². The average molecular weight is 205 g/mol.